The maximum Gasteiger partial charge on any atom is 0.211 e. The standard InChI is InChI=1S/C20H26O4S/c1-9-10(2)14(6)20(18(22)11(9)3)25(23,24)19-15(7)12(4)17(21)13(5)16(19)8/h21-22H,1-8H3. The lowest BCUT2D eigenvalue weighted by molar-refractivity contribution is 0.452. The van der Waals surface area contributed by atoms with Crippen molar-refractivity contribution in [3.8, 4) is 11.5 Å². The van der Waals surface area contributed by atoms with Gasteiger partial charge in [0.25, 0.3) is 0 Å². The molecule has 0 unspecified atom stereocenters. The molecule has 5 heteroatoms. The van der Waals surface area contributed by atoms with Crippen LogP contribution in [0.5, 0.6) is 11.5 Å². The Morgan fingerprint density at radius 2 is 0.800 bits per heavy atom. The number of phenolic OH excluding ortho intramolecular Hbond substituents is 2. The zero-order valence-electron chi connectivity index (χ0n) is 16.1. The van der Waals surface area contributed by atoms with Gasteiger partial charge in [-0.3, -0.25) is 0 Å². The van der Waals surface area contributed by atoms with Crippen molar-refractivity contribution in [2.45, 2.75) is 65.2 Å². The van der Waals surface area contributed by atoms with Crippen LogP contribution in [0.2, 0.25) is 0 Å². The molecule has 0 atom stereocenters. The summed E-state index contributed by atoms with van der Waals surface area (Å²) in [5.41, 5.74) is 4.98. The van der Waals surface area contributed by atoms with E-state index < -0.39 is 9.84 Å². The van der Waals surface area contributed by atoms with Crippen LogP contribution in [-0.4, -0.2) is 18.6 Å². The molecule has 2 aromatic carbocycles. The van der Waals surface area contributed by atoms with Crippen molar-refractivity contribution in [1.82, 2.24) is 0 Å². The van der Waals surface area contributed by atoms with Crippen molar-refractivity contribution >= 4 is 9.84 Å². The lowest BCUT2D eigenvalue weighted by atomic mass is 9.98. The third kappa shape index (κ3) is 2.61. The molecule has 0 aromatic heterocycles. The summed E-state index contributed by atoms with van der Waals surface area (Å²) >= 11 is 0. The average Bonchev–Trinajstić information content (AvgIpc) is 2.54. The summed E-state index contributed by atoms with van der Waals surface area (Å²) in [6.07, 6.45) is 0. The van der Waals surface area contributed by atoms with Gasteiger partial charge in [-0.2, -0.15) is 0 Å². The van der Waals surface area contributed by atoms with Crippen molar-refractivity contribution in [1.29, 1.82) is 0 Å². The summed E-state index contributed by atoms with van der Waals surface area (Å²) in [6, 6.07) is 0. The van der Waals surface area contributed by atoms with E-state index in [2.05, 4.69) is 0 Å². The van der Waals surface area contributed by atoms with E-state index in [9.17, 15) is 18.6 Å². The highest BCUT2D eigenvalue weighted by Gasteiger charge is 2.32. The molecule has 25 heavy (non-hydrogen) atoms. The molecule has 0 saturated heterocycles. The minimum Gasteiger partial charge on any atom is -0.507 e. The van der Waals surface area contributed by atoms with Gasteiger partial charge < -0.3 is 10.2 Å². The molecule has 0 radical (unpaired) electrons. The normalized spacial score (nSPS) is 11.8. The van der Waals surface area contributed by atoms with Crippen molar-refractivity contribution in [3.05, 3.63) is 44.5 Å². The van der Waals surface area contributed by atoms with Crippen molar-refractivity contribution in [3.63, 3.8) is 0 Å². The smallest absolute Gasteiger partial charge is 0.211 e. The summed E-state index contributed by atoms with van der Waals surface area (Å²) in [7, 11) is -3.95. The van der Waals surface area contributed by atoms with Gasteiger partial charge in [0.05, 0.1) is 4.90 Å². The van der Waals surface area contributed by atoms with Gasteiger partial charge in [-0.25, -0.2) is 8.42 Å². The lowest BCUT2D eigenvalue weighted by Crippen LogP contribution is -2.12. The predicted octanol–water partition coefficient (Wildman–Crippen LogP) is 4.40. The van der Waals surface area contributed by atoms with E-state index in [0.717, 1.165) is 11.1 Å². The van der Waals surface area contributed by atoms with Gasteiger partial charge in [0.1, 0.15) is 16.4 Å². The number of rotatable bonds is 2. The highest BCUT2D eigenvalue weighted by atomic mass is 32.2. The Bertz CT molecular complexity index is 866. The second kappa shape index (κ2) is 6.06. The number of benzene rings is 2. The van der Waals surface area contributed by atoms with E-state index >= 15 is 0 Å². The van der Waals surface area contributed by atoms with E-state index in [1.807, 2.05) is 13.8 Å². The van der Waals surface area contributed by atoms with Crippen molar-refractivity contribution in [2.75, 3.05) is 0 Å². The van der Waals surface area contributed by atoms with Crippen LogP contribution in [0.25, 0.3) is 0 Å². The second-order valence-corrected chi connectivity index (χ2v) is 8.68. The predicted molar refractivity (Wildman–Crippen MR) is 99.6 cm³/mol. The minimum atomic E-state index is -3.95. The molecule has 0 heterocycles. The molecule has 0 aliphatic rings. The van der Waals surface area contributed by atoms with Gasteiger partial charge in [0.2, 0.25) is 9.84 Å². The Labute approximate surface area is 150 Å². The Morgan fingerprint density at radius 3 is 1.24 bits per heavy atom. The average molecular weight is 362 g/mol. The van der Waals surface area contributed by atoms with Crippen LogP contribution >= 0.6 is 0 Å². The van der Waals surface area contributed by atoms with Gasteiger partial charge in [-0.15, -0.1) is 0 Å². The van der Waals surface area contributed by atoms with E-state index in [0.29, 0.717) is 33.4 Å². The summed E-state index contributed by atoms with van der Waals surface area (Å²) < 4.78 is 27.0. The summed E-state index contributed by atoms with van der Waals surface area (Å²) in [5.74, 6) is -0.0751. The number of hydrogen-bond acceptors (Lipinski definition) is 4. The Hall–Kier alpha value is -2.01. The molecule has 0 saturated carbocycles. The molecule has 0 aliphatic carbocycles. The zero-order chi connectivity index (χ0) is 19.4. The summed E-state index contributed by atoms with van der Waals surface area (Å²) in [6.45, 7) is 14.0. The number of sulfone groups is 1. The van der Waals surface area contributed by atoms with Crippen LogP contribution < -0.4 is 0 Å². The molecule has 2 N–H and O–H groups in total. The topological polar surface area (TPSA) is 74.6 Å². The third-order valence-electron chi connectivity index (χ3n) is 5.65. The summed E-state index contributed by atoms with van der Waals surface area (Å²) in [4.78, 5) is 0.130. The molecule has 0 aliphatic heterocycles. The van der Waals surface area contributed by atoms with E-state index in [1.54, 1.807) is 41.5 Å². The summed E-state index contributed by atoms with van der Waals surface area (Å²) in [5, 5.41) is 20.8. The van der Waals surface area contributed by atoms with Crippen LogP contribution in [-0.2, 0) is 9.84 Å². The van der Waals surface area contributed by atoms with Gasteiger partial charge in [0, 0.05) is 0 Å². The fourth-order valence-electron chi connectivity index (χ4n) is 3.35. The number of phenols is 2. The van der Waals surface area contributed by atoms with E-state index in [1.165, 1.54) is 0 Å². The Kier molecular flexibility index (Phi) is 4.68. The Morgan fingerprint density at radius 1 is 0.480 bits per heavy atom. The fraction of sp³-hybridized carbons (Fsp3) is 0.400. The first-order valence-corrected chi connectivity index (χ1v) is 9.67. The van der Waals surface area contributed by atoms with Crippen LogP contribution in [0, 0.1) is 55.4 Å². The van der Waals surface area contributed by atoms with Gasteiger partial charge in [-0.1, -0.05) is 0 Å². The van der Waals surface area contributed by atoms with Crippen LogP contribution in [0.1, 0.15) is 44.5 Å². The molecular weight excluding hydrogens is 336 g/mol. The molecule has 2 aromatic rings. The fourth-order valence-corrected chi connectivity index (χ4v) is 5.63. The molecule has 0 bridgehead atoms. The monoisotopic (exact) mass is 362 g/mol. The van der Waals surface area contributed by atoms with Gasteiger partial charge in [0.15, 0.2) is 0 Å². The first kappa shape index (κ1) is 19.3. The highest BCUT2D eigenvalue weighted by molar-refractivity contribution is 7.91. The van der Waals surface area contributed by atoms with Crippen LogP contribution in [0.15, 0.2) is 9.79 Å². The third-order valence-corrected chi connectivity index (χ3v) is 7.84. The van der Waals surface area contributed by atoms with Crippen molar-refractivity contribution < 1.29 is 18.6 Å². The minimum absolute atomic E-state index is 0.0382. The molecule has 2 rings (SSSR count). The van der Waals surface area contributed by atoms with Crippen LogP contribution in [0.4, 0.5) is 0 Å². The van der Waals surface area contributed by atoms with E-state index in [4.69, 9.17) is 0 Å². The largest absolute Gasteiger partial charge is 0.507 e. The second-order valence-electron chi connectivity index (χ2n) is 6.86. The van der Waals surface area contributed by atoms with Crippen molar-refractivity contribution in [2.24, 2.45) is 0 Å². The van der Waals surface area contributed by atoms with Gasteiger partial charge in [-0.05, 0) is 99.9 Å². The zero-order valence-corrected chi connectivity index (χ0v) is 16.9. The van der Waals surface area contributed by atoms with Crippen LogP contribution in [0.3, 0.4) is 0 Å². The maximum absolute atomic E-state index is 13.5. The lowest BCUT2D eigenvalue weighted by Gasteiger charge is -2.21. The molecule has 0 fully saturated rings. The first-order chi connectivity index (χ1) is 11.4. The molecule has 0 spiro atoms. The highest BCUT2D eigenvalue weighted by Crippen LogP contribution is 2.42. The number of aromatic hydroxyl groups is 2. The quantitative estimate of drug-likeness (QED) is 0.830. The molecular formula is C20H26O4S. The van der Waals surface area contributed by atoms with E-state index in [-0.39, 0.29) is 21.3 Å². The number of hydrogen-bond donors (Lipinski definition) is 2. The van der Waals surface area contributed by atoms with Gasteiger partial charge >= 0.3 is 0 Å². The maximum atomic E-state index is 13.5. The Balaban J connectivity index is 3.02. The SMILES string of the molecule is Cc1c(C)c(C)c(S(=O)(=O)c2c(C)c(C)c(O)c(C)c2C)c(O)c1C. The molecule has 4 nitrogen and oxygen atoms in total. The molecule has 136 valence electrons. The first-order valence-electron chi connectivity index (χ1n) is 8.19. The molecule has 0 amide bonds.